The Kier molecular flexibility index (Phi) is 4.72. The largest absolute Gasteiger partial charge is 0.493 e. The summed E-state index contributed by atoms with van der Waals surface area (Å²) in [6.07, 6.45) is -0.992. The van der Waals surface area contributed by atoms with Crippen LogP contribution in [0.2, 0.25) is 0 Å². The predicted molar refractivity (Wildman–Crippen MR) is 54.8 cm³/mol. The highest BCUT2D eigenvalue weighted by molar-refractivity contribution is 5.67. The van der Waals surface area contributed by atoms with Crippen molar-refractivity contribution in [3.63, 3.8) is 0 Å². The Labute approximate surface area is 92.3 Å². The second-order valence-corrected chi connectivity index (χ2v) is 3.34. The molecule has 88 valence electrons. The van der Waals surface area contributed by atoms with Crippen molar-refractivity contribution in [2.24, 2.45) is 0 Å². The molecule has 5 heteroatoms. The Hall–Kier alpha value is -1.62. The molecule has 4 nitrogen and oxygen atoms in total. The van der Waals surface area contributed by atoms with E-state index in [9.17, 15) is 14.3 Å². The first-order chi connectivity index (χ1) is 7.58. The van der Waals surface area contributed by atoms with Crippen molar-refractivity contribution in [2.45, 2.75) is 18.9 Å². The van der Waals surface area contributed by atoms with Crippen molar-refractivity contribution < 1.29 is 24.1 Å². The van der Waals surface area contributed by atoms with Gasteiger partial charge in [0.15, 0.2) is 0 Å². The smallest absolute Gasteiger partial charge is 0.305 e. The number of halogens is 1. The van der Waals surface area contributed by atoms with Crippen LogP contribution < -0.4 is 4.74 Å². The molecule has 0 radical (unpaired) electrons. The molecular weight excluding hydrogens is 215 g/mol. The van der Waals surface area contributed by atoms with E-state index in [2.05, 4.69) is 0 Å². The van der Waals surface area contributed by atoms with E-state index < -0.39 is 12.1 Å². The van der Waals surface area contributed by atoms with Crippen molar-refractivity contribution in [1.29, 1.82) is 0 Å². The zero-order valence-electron chi connectivity index (χ0n) is 8.60. The number of ether oxygens (including phenoxy) is 1. The third kappa shape index (κ3) is 4.75. The second kappa shape index (κ2) is 6.07. The topological polar surface area (TPSA) is 66.8 Å². The molecule has 1 aromatic rings. The van der Waals surface area contributed by atoms with Crippen LogP contribution in [0.15, 0.2) is 24.3 Å². The van der Waals surface area contributed by atoms with E-state index in [4.69, 9.17) is 9.84 Å². The van der Waals surface area contributed by atoms with E-state index in [-0.39, 0.29) is 25.3 Å². The van der Waals surface area contributed by atoms with E-state index in [1.165, 1.54) is 24.3 Å². The highest BCUT2D eigenvalue weighted by Crippen LogP contribution is 2.11. The molecule has 0 saturated heterocycles. The van der Waals surface area contributed by atoms with E-state index in [1.807, 2.05) is 0 Å². The number of aliphatic hydroxyl groups is 1. The van der Waals surface area contributed by atoms with Crippen molar-refractivity contribution in [3.05, 3.63) is 30.1 Å². The fourth-order valence-corrected chi connectivity index (χ4v) is 1.15. The normalized spacial score (nSPS) is 12.1. The minimum atomic E-state index is -1.05. The van der Waals surface area contributed by atoms with Gasteiger partial charge in [-0.2, -0.15) is 0 Å². The molecule has 1 aromatic carbocycles. The third-order valence-electron chi connectivity index (χ3n) is 1.94. The lowest BCUT2D eigenvalue weighted by molar-refractivity contribution is -0.139. The summed E-state index contributed by atoms with van der Waals surface area (Å²) in [5, 5.41) is 17.6. The van der Waals surface area contributed by atoms with Crippen LogP contribution in [0.1, 0.15) is 12.8 Å². The summed E-state index contributed by atoms with van der Waals surface area (Å²) < 4.78 is 17.7. The Morgan fingerprint density at radius 1 is 1.38 bits per heavy atom. The zero-order valence-corrected chi connectivity index (χ0v) is 8.60. The van der Waals surface area contributed by atoms with Gasteiger partial charge in [-0.1, -0.05) is 0 Å². The molecule has 1 atom stereocenters. The maximum Gasteiger partial charge on any atom is 0.305 e. The number of carboxylic acid groups (broad SMARTS) is 1. The molecular formula is C11H13FO4. The molecule has 0 aliphatic carbocycles. The molecule has 0 aromatic heterocycles. The average molecular weight is 228 g/mol. The molecule has 1 unspecified atom stereocenters. The van der Waals surface area contributed by atoms with Crippen molar-refractivity contribution in [2.75, 3.05) is 6.61 Å². The third-order valence-corrected chi connectivity index (χ3v) is 1.94. The molecule has 16 heavy (non-hydrogen) atoms. The SMILES string of the molecule is O=C(O)CC(O)CCOc1ccc(F)cc1. The summed E-state index contributed by atoms with van der Waals surface area (Å²) in [6, 6.07) is 5.48. The van der Waals surface area contributed by atoms with Crippen LogP contribution in [0.4, 0.5) is 4.39 Å². The van der Waals surface area contributed by atoms with Crippen molar-refractivity contribution in [3.8, 4) is 5.75 Å². The molecule has 0 aliphatic rings. The molecule has 0 bridgehead atoms. The van der Waals surface area contributed by atoms with Crippen LogP contribution in [0.25, 0.3) is 0 Å². The number of aliphatic carboxylic acids is 1. The molecule has 0 saturated carbocycles. The summed E-state index contributed by atoms with van der Waals surface area (Å²) in [5.74, 6) is -0.906. The van der Waals surface area contributed by atoms with Crippen molar-refractivity contribution >= 4 is 5.97 Å². The highest BCUT2D eigenvalue weighted by Gasteiger charge is 2.09. The molecule has 0 spiro atoms. The van der Waals surface area contributed by atoms with Gasteiger partial charge >= 0.3 is 5.97 Å². The average Bonchev–Trinajstić information content (AvgIpc) is 2.20. The summed E-state index contributed by atoms with van der Waals surface area (Å²) in [5.41, 5.74) is 0. The van der Waals surface area contributed by atoms with Gasteiger partial charge in [-0.05, 0) is 24.3 Å². The summed E-state index contributed by atoms with van der Waals surface area (Å²) >= 11 is 0. The molecule has 1 rings (SSSR count). The van der Waals surface area contributed by atoms with Crippen LogP contribution in [-0.4, -0.2) is 28.9 Å². The van der Waals surface area contributed by atoms with Gasteiger partial charge in [0.1, 0.15) is 11.6 Å². The zero-order chi connectivity index (χ0) is 12.0. The molecule has 0 amide bonds. The number of hydrogen-bond donors (Lipinski definition) is 2. The first kappa shape index (κ1) is 12.4. The van der Waals surface area contributed by atoms with Gasteiger partial charge in [-0.3, -0.25) is 4.79 Å². The quantitative estimate of drug-likeness (QED) is 0.773. The number of carbonyl (C=O) groups is 1. The molecule has 0 heterocycles. The Morgan fingerprint density at radius 2 is 2.00 bits per heavy atom. The van der Waals surface area contributed by atoms with Crippen LogP contribution in [0.3, 0.4) is 0 Å². The maximum absolute atomic E-state index is 12.5. The van der Waals surface area contributed by atoms with Gasteiger partial charge in [0, 0.05) is 6.42 Å². The maximum atomic E-state index is 12.5. The fraction of sp³-hybridized carbons (Fsp3) is 0.364. The van der Waals surface area contributed by atoms with Crippen LogP contribution in [0, 0.1) is 5.82 Å². The first-order valence-electron chi connectivity index (χ1n) is 4.86. The first-order valence-corrected chi connectivity index (χ1v) is 4.86. The van der Waals surface area contributed by atoms with Crippen LogP contribution >= 0.6 is 0 Å². The van der Waals surface area contributed by atoms with Gasteiger partial charge in [0.25, 0.3) is 0 Å². The van der Waals surface area contributed by atoms with Gasteiger partial charge in [-0.15, -0.1) is 0 Å². The molecule has 0 fully saturated rings. The number of benzene rings is 1. The lowest BCUT2D eigenvalue weighted by atomic mass is 10.2. The van der Waals surface area contributed by atoms with E-state index in [0.29, 0.717) is 5.75 Å². The lowest BCUT2D eigenvalue weighted by Crippen LogP contribution is -2.16. The monoisotopic (exact) mass is 228 g/mol. The van der Waals surface area contributed by atoms with Gasteiger partial charge in [0.05, 0.1) is 19.1 Å². The number of rotatable bonds is 6. The minimum Gasteiger partial charge on any atom is -0.493 e. The summed E-state index contributed by atoms with van der Waals surface area (Å²) in [4.78, 5) is 10.2. The lowest BCUT2D eigenvalue weighted by Gasteiger charge is -2.09. The van der Waals surface area contributed by atoms with Gasteiger partial charge in [0.2, 0.25) is 0 Å². The van der Waals surface area contributed by atoms with E-state index in [1.54, 1.807) is 0 Å². The van der Waals surface area contributed by atoms with Gasteiger partial charge in [-0.25, -0.2) is 4.39 Å². The number of aliphatic hydroxyl groups excluding tert-OH is 1. The van der Waals surface area contributed by atoms with Gasteiger partial charge < -0.3 is 14.9 Å². The molecule has 2 N–H and O–H groups in total. The minimum absolute atomic E-state index is 0.195. The van der Waals surface area contributed by atoms with Crippen LogP contribution in [0.5, 0.6) is 5.75 Å². The summed E-state index contributed by atoms with van der Waals surface area (Å²) in [7, 11) is 0. The Balaban J connectivity index is 2.25. The van der Waals surface area contributed by atoms with E-state index >= 15 is 0 Å². The molecule has 0 aliphatic heterocycles. The summed E-state index contributed by atoms with van der Waals surface area (Å²) in [6.45, 7) is 0.195. The number of carboxylic acids is 1. The predicted octanol–water partition coefficient (Wildman–Crippen LogP) is 1.43. The fourth-order valence-electron chi connectivity index (χ4n) is 1.15. The standard InChI is InChI=1S/C11H13FO4/c12-8-1-3-10(4-2-8)16-6-5-9(13)7-11(14)15/h1-4,9,13H,5-7H2,(H,14,15). The Morgan fingerprint density at radius 3 is 2.56 bits per heavy atom. The van der Waals surface area contributed by atoms with E-state index in [0.717, 1.165) is 0 Å². The second-order valence-electron chi connectivity index (χ2n) is 3.34. The number of hydrogen-bond acceptors (Lipinski definition) is 3. The Bertz CT molecular complexity index is 336. The highest BCUT2D eigenvalue weighted by atomic mass is 19.1. The van der Waals surface area contributed by atoms with Crippen LogP contribution in [-0.2, 0) is 4.79 Å². The van der Waals surface area contributed by atoms with Crippen molar-refractivity contribution in [1.82, 2.24) is 0 Å².